The van der Waals surface area contributed by atoms with E-state index in [2.05, 4.69) is 9.73 Å². The van der Waals surface area contributed by atoms with Crippen LogP contribution in [0, 0.1) is 11.5 Å². The van der Waals surface area contributed by atoms with E-state index in [0.29, 0.717) is 34.3 Å². The highest BCUT2D eigenvalue weighted by molar-refractivity contribution is 5.81. The molecule has 4 aromatic carbocycles. The van der Waals surface area contributed by atoms with E-state index in [0.717, 1.165) is 0 Å². The molecule has 4 N–H and O–H groups in total. The number of aliphatic imine (C=N–C) groups is 1. The first kappa shape index (κ1) is 35.5. The van der Waals surface area contributed by atoms with Crippen molar-refractivity contribution in [1.82, 2.24) is 0 Å². The summed E-state index contributed by atoms with van der Waals surface area (Å²) in [6, 6.07) is 24.6. The van der Waals surface area contributed by atoms with Crippen LogP contribution in [0.25, 0.3) is 0 Å². The first-order valence-electron chi connectivity index (χ1n) is 14.0. The number of anilines is 2. The molecule has 48 heavy (non-hydrogen) atoms. The lowest BCUT2D eigenvalue weighted by atomic mass is 10.3. The highest BCUT2D eigenvalue weighted by atomic mass is 16.6. The van der Waals surface area contributed by atoms with Gasteiger partial charge in [-0.05, 0) is 97.1 Å². The zero-order valence-corrected chi connectivity index (χ0v) is 25.2. The highest BCUT2D eigenvalue weighted by Gasteiger charge is 2.12. The van der Waals surface area contributed by atoms with E-state index in [1.807, 2.05) is 0 Å². The zero-order valence-electron chi connectivity index (χ0n) is 25.2. The Bertz CT molecular complexity index is 1720. The van der Waals surface area contributed by atoms with Gasteiger partial charge in [0.15, 0.2) is 0 Å². The predicted octanol–water partition coefficient (Wildman–Crippen LogP) is 4.95. The van der Waals surface area contributed by atoms with Crippen molar-refractivity contribution in [1.29, 1.82) is 5.26 Å². The number of carbonyl (C=O) groups excluding carboxylic acids is 5. The molecule has 244 valence electrons. The monoisotopic (exact) mass is 652 g/mol. The molecule has 0 unspecified atom stereocenters. The lowest BCUT2D eigenvalue weighted by Crippen LogP contribution is -2.14. The number of hydrogen-bond donors (Lipinski definition) is 2. The van der Waals surface area contributed by atoms with Gasteiger partial charge in [-0.25, -0.2) is 4.79 Å². The molecular weight excluding hydrogens is 624 g/mol. The van der Waals surface area contributed by atoms with Crippen molar-refractivity contribution < 1.29 is 47.7 Å². The van der Waals surface area contributed by atoms with Crippen molar-refractivity contribution in [3.8, 4) is 35.0 Å². The van der Waals surface area contributed by atoms with Gasteiger partial charge in [0.1, 0.15) is 28.7 Å². The molecule has 14 nitrogen and oxygen atoms in total. The molecule has 0 radical (unpaired) electrons. The summed E-state index contributed by atoms with van der Waals surface area (Å²) in [6.45, 7) is 0. The van der Waals surface area contributed by atoms with E-state index >= 15 is 0 Å². The minimum atomic E-state index is -0.605. The second-order valence-corrected chi connectivity index (χ2v) is 9.40. The lowest BCUT2D eigenvalue weighted by Gasteiger charge is -2.06. The Morgan fingerprint density at radius 3 is 1.12 bits per heavy atom. The van der Waals surface area contributed by atoms with E-state index < -0.39 is 23.9 Å². The van der Waals surface area contributed by atoms with E-state index in [-0.39, 0.29) is 37.2 Å². The van der Waals surface area contributed by atoms with Gasteiger partial charge in [0.25, 0.3) is 6.26 Å². The number of ether oxygens (including phenoxy) is 5. The fraction of sp³-hybridized carbons (Fsp3) is 0.118. The van der Waals surface area contributed by atoms with Crippen LogP contribution in [0.3, 0.4) is 0 Å². The van der Waals surface area contributed by atoms with Crippen LogP contribution in [0.15, 0.2) is 102 Å². The molecule has 0 aliphatic rings. The number of esters is 4. The molecule has 0 atom stereocenters. The van der Waals surface area contributed by atoms with Gasteiger partial charge >= 0.3 is 23.9 Å². The second kappa shape index (κ2) is 18.7. The largest absolute Gasteiger partial charge is 0.427 e. The number of hydrogen-bond acceptors (Lipinski definition) is 14. The average molecular weight is 653 g/mol. The first-order chi connectivity index (χ1) is 23.1. The standard InChI is InChI=1S/C18H12N2O6.C16H16N2O4/c19-11-24-14-5-7-16(8-6-14)26-18(23)10-9-17(22)25-15-3-1-13(2-4-15)20-12-21;17-11-1-5-13(6-2-11)21-15(19)9-10-16(20)22-14-7-3-12(18)4-8-14/h1-8H,9-10H2;1-8H,9-10,17-18H2. The van der Waals surface area contributed by atoms with Crippen LogP contribution in [0.2, 0.25) is 0 Å². The van der Waals surface area contributed by atoms with Crippen molar-refractivity contribution in [2.75, 3.05) is 11.5 Å². The van der Waals surface area contributed by atoms with Gasteiger partial charge in [-0.3, -0.25) is 19.2 Å². The number of nitrogens with zero attached hydrogens (tertiary/aromatic N) is 2. The topological polar surface area (TPSA) is 220 Å². The number of isocyanates is 1. The molecular formula is C34H28N4O10. The maximum Gasteiger partial charge on any atom is 0.311 e. The number of nitrogens with two attached hydrogens (primary N) is 2. The first-order valence-corrected chi connectivity index (χ1v) is 14.0. The summed E-state index contributed by atoms with van der Waals surface area (Å²) in [5.41, 5.74) is 12.6. The molecule has 14 heteroatoms. The van der Waals surface area contributed by atoms with Crippen molar-refractivity contribution in [2.24, 2.45) is 4.99 Å². The van der Waals surface area contributed by atoms with Crippen molar-refractivity contribution in [3.63, 3.8) is 0 Å². The lowest BCUT2D eigenvalue weighted by molar-refractivity contribution is -0.140. The maximum absolute atomic E-state index is 11.7. The predicted molar refractivity (Wildman–Crippen MR) is 170 cm³/mol. The molecule has 0 amide bonds. The summed E-state index contributed by atoms with van der Waals surface area (Å²) in [7, 11) is 0. The summed E-state index contributed by atoms with van der Waals surface area (Å²) in [5.74, 6) is -0.629. The summed E-state index contributed by atoms with van der Waals surface area (Å²) in [4.78, 5) is 60.2. The van der Waals surface area contributed by atoms with Crippen LogP contribution < -0.4 is 35.2 Å². The van der Waals surface area contributed by atoms with Crippen LogP contribution in [0.4, 0.5) is 17.1 Å². The van der Waals surface area contributed by atoms with Gasteiger partial charge in [0.05, 0.1) is 31.4 Å². The Kier molecular flexibility index (Phi) is 13.9. The molecule has 0 saturated heterocycles. The van der Waals surface area contributed by atoms with Gasteiger partial charge in [0.2, 0.25) is 6.08 Å². The number of carbonyl (C=O) groups is 4. The Balaban J connectivity index is 0.000000264. The minimum Gasteiger partial charge on any atom is -0.427 e. The van der Waals surface area contributed by atoms with Crippen molar-refractivity contribution >= 4 is 47.0 Å². The van der Waals surface area contributed by atoms with E-state index in [4.69, 9.17) is 35.7 Å². The average Bonchev–Trinajstić information content (AvgIpc) is 3.07. The second-order valence-electron chi connectivity index (χ2n) is 9.40. The SMILES string of the molecule is N#COc1ccc(OC(=O)CCC(=O)Oc2ccc(N=C=O)cc2)cc1.Nc1ccc(OC(=O)CCC(=O)Oc2ccc(N)cc2)cc1. The third-order valence-corrected chi connectivity index (χ3v) is 5.75. The molecule has 0 aliphatic carbocycles. The number of rotatable bonds is 12. The smallest absolute Gasteiger partial charge is 0.311 e. The third kappa shape index (κ3) is 13.3. The van der Waals surface area contributed by atoms with Gasteiger partial charge < -0.3 is 35.2 Å². The van der Waals surface area contributed by atoms with Gasteiger partial charge in [-0.2, -0.15) is 4.99 Å². The van der Waals surface area contributed by atoms with Crippen LogP contribution in [0.5, 0.6) is 28.7 Å². The van der Waals surface area contributed by atoms with Crippen LogP contribution in [0.1, 0.15) is 25.7 Å². The third-order valence-electron chi connectivity index (χ3n) is 5.75. The fourth-order valence-corrected chi connectivity index (χ4v) is 3.48. The van der Waals surface area contributed by atoms with Crippen molar-refractivity contribution in [2.45, 2.75) is 25.7 Å². The van der Waals surface area contributed by atoms with Crippen LogP contribution in [-0.4, -0.2) is 30.0 Å². The number of benzene rings is 4. The zero-order chi connectivity index (χ0) is 34.7. The summed E-state index contributed by atoms with van der Waals surface area (Å²) in [6.07, 6.45) is 2.46. The Labute approximate surface area is 274 Å². The van der Waals surface area contributed by atoms with Gasteiger partial charge in [0, 0.05) is 11.4 Å². The Hall–Kier alpha value is -6.97. The summed E-state index contributed by atoms with van der Waals surface area (Å²) >= 11 is 0. The minimum absolute atomic E-state index is 0.0712. The highest BCUT2D eigenvalue weighted by Crippen LogP contribution is 2.20. The normalized spacial score (nSPS) is 9.65. The van der Waals surface area contributed by atoms with E-state index in [1.54, 1.807) is 48.5 Å². The molecule has 0 fully saturated rings. The number of nitriles is 1. The summed E-state index contributed by atoms with van der Waals surface area (Å²) < 4.78 is 24.8. The molecule has 0 saturated carbocycles. The quantitative estimate of drug-likeness (QED) is 0.0517. The Morgan fingerprint density at radius 1 is 0.521 bits per heavy atom. The molecule has 4 aromatic rings. The van der Waals surface area contributed by atoms with Crippen LogP contribution >= 0.6 is 0 Å². The molecule has 4 rings (SSSR count). The molecule has 0 bridgehead atoms. The van der Waals surface area contributed by atoms with E-state index in [9.17, 15) is 24.0 Å². The summed E-state index contributed by atoms with van der Waals surface area (Å²) in [5, 5.41) is 8.38. The van der Waals surface area contributed by atoms with E-state index in [1.165, 1.54) is 60.9 Å². The van der Waals surface area contributed by atoms with Crippen LogP contribution in [-0.2, 0) is 24.0 Å². The maximum atomic E-state index is 11.7. The van der Waals surface area contributed by atoms with Crippen molar-refractivity contribution in [3.05, 3.63) is 97.1 Å². The molecule has 0 aliphatic heterocycles. The van der Waals surface area contributed by atoms with Gasteiger partial charge in [-0.15, -0.1) is 5.26 Å². The molecule has 0 heterocycles. The Morgan fingerprint density at radius 2 is 0.812 bits per heavy atom. The fourth-order valence-electron chi connectivity index (χ4n) is 3.48. The number of nitrogen functional groups attached to an aromatic ring is 2. The molecule has 0 aromatic heterocycles. The molecule has 0 spiro atoms. The van der Waals surface area contributed by atoms with Gasteiger partial charge in [-0.1, -0.05) is 0 Å².